The van der Waals surface area contributed by atoms with Crippen LogP contribution < -0.4 is 5.32 Å². The molecule has 3 unspecified atom stereocenters. The molecule has 19 heavy (non-hydrogen) atoms. The summed E-state index contributed by atoms with van der Waals surface area (Å²) in [5.41, 5.74) is 0. The largest absolute Gasteiger partial charge is 0.481 e. The van der Waals surface area contributed by atoms with Crippen LogP contribution in [-0.4, -0.2) is 46.0 Å². The molecule has 0 bridgehead atoms. The summed E-state index contributed by atoms with van der Waals surface area (Å²) in [6.07, 6.45) is 3.25. The fraction of sp³-hybridized carbons (Fsp3) is 0.846. The number of carbonyl (C=O) groups is 2. The van der Waals surface area contributed by atoms with Gasteiger partial charge in [0.05, 0.1) is 11.8 Å². The van der Waals surface area contributed by atoms with E-state index in [2.05, 4.69) is 5.32 Å². The van der Waals surface area contributed by atoms with Gasteiger partial charge in [0.1, 0.15) is 0 Å². The van der Waals surface area contributed by atoms with Crippen molar-refractivity contribution < 1.29 is 14.7 Å². The van der Waals surface area contributed by atoms with Gasteiger partial charge >= 0.3 is 5.97 Å². The number of carboxylic acid groups (broad SMARTS) is 1. The van der Waals surface area contributed by atoms with Crippen LogP contribution in [0.5, 0.6) is 0 Å². The van der Waals surface area contributed by atoms with Crippen molar-refractivity contribution in [1.82, 2.24) is 5.32 Å². The maximum Gasteiger partial charge on any atom is 0.307 e. The van der Waals surface area contributed by atoms with Crippen LogP contribution in [-0.2, 0) is 9.59 Å². The molecular formula is C13H21NO3S2. The number of hydrogen-bond acceptors (Lipinski definition) is 4. The second-order valence-electron chi connectivity index (χ2n) is 5.15. The number of hydrogen-bond donors (Lipinski definition) is 2. The summed E-state index contributed by atoms with van der Waals surface area (Å²) >= 11 is 3.84. The minimum absolute atomic E-state index is 0.0525. The summed E-state index contributed by atoms with van der Waals surface area (Å²) in [5, 5.41) is 12.6. The van der Waals surface area contributed by atoms with Gasteiger partial charge in [-0.1, -0.05) is 12.8 Å². The van der Waals surface area contributed by atoms with Crippen LogP contribution in [0.4, 0.5) is 0 Å². The van der Waals surface area contributed by atoms with Crippen molar-refractivity contribution in [2.24, 2.45) is 11.8 Å². The first-order valence-corrected chi connectivity index (χ1v) is 9.08. The Morgan fingerprint density at radius 2 is 1.89 bits per heavy atom. The standard InChI is InChI=1S/C13H21NO3S2/c15-12(14-7-9-8-18-5-6-19-9)10-3-1-2-4-11(10)13(16)17/h9-11H,1-8H2,(H,14,15)(H,16,17). The lowest BCUT2D eigenvalue weighted by Crippen LogP contribution is -2.42. The van der Waals surface area contributed by atoms with Gasteiger partial charge < -0.3 is 10.4 Å². The average Bonchev–Trinajstić information content (AvgIpc) is 2.46. The SMILES string of the molecule is O=C(O)C1CCCCC1C(=O)NCC1CSCCS1. The third kappa shape index (κ3) is 4.31. The molecule has 6 heteroatoms. The number of rotatable bonds is 4. The Morgan fingerprint density at radius 1 is 1.16 bits per heavy atom. The third-order valence-electron chi connectivity index (χ3n) is 3.81. The van der Waals surface area contributed by atoms with E-state index in [1.807, 2.05) is 23.5 Å². The Kier molecular flexibility index (Phi) is 5.88. The highest BCUT2D eigenvalue weighted by atomic mass is 32.2. The van der Waals surface area contributed by atoms with E-state index in [0.29, 0.717) is 18.2 Å². The minimum atomic E-state index is -0.817. The van der Waals surface area contributed by atoms with Crippen molar-refractivity contribution in [3.05, 3.63) is 0 Å². The molecule has 4 nitrogen and oxygen atoms in total. The molecule has 108 valence electrons. The van der Waals surface area contributed by atoms with Gasteiger partial charge in [-0.15, -0.1) is 0 Å². The van der Waals surface area contributed by atoms with Crippen molar-refractivity contribution in [2.45, 2.75) is 30.9 Å². The number of carboxylic acids is 1. The minimum Gasteiger partial charge on any atom is -0.481 e. The number of thioether (sulfide) groups is 2. The molecule has 2 fully saturated rings. The first-order valence-electron chi connectivity index (χ1n) is 6.88. The Bertz CT molecular complexity index is 332. The van der Waals surface area contributed by atoms with E-state index < -0.39 is 11.9 Å². The van der Waals surface area contributed by atoms with Crippen LogP contribution in [0.15, 0.2) is 0 Å². The predicted molar refractivity (Wildman–Crippen MR) is 79.7 cm³/mol. The molecule has 0 aromatic rings. The number of nitrogens with one attached hydrogen (secondary N) is 1. The highest BCUT2D eigenvalue weighted by Gasteiger charge is 2.35. The topological polar surface area (TPSA) is 66.4 Å². The van der Waals surface area contributed by atoms with Gasteiger partial charge in [-0.2, -0.15) is 23.5 Å². The van der Waals surface area contributed by atoms with Crippen LogP contribution in [0.1, 0.15) is 25.7 Å². The molecule has 3 atom stereocenters. The average molecular weight is 303 g/mol. The zero-order valence-corrected chi connectivity index (χ0v) is 12.6. The Balaban J connectivity index is 1.81. The number of amides is 1. The third-order valence-corrected chi connectivity index (χ3v) is 6.65. The van der Waals surface area contributed by atoms with E-state index in [-0.39, 0.29) is 11.8 Å². The van der Waals surface area contributed by atoms with E-state index in [1.54, 1.807) is 0 Å². The fourth-order valence-electron chi connectivity index (χ4n) is 2.74. The summed E-state index contributed by atoms with van der Waals surface area (Å²) in [6.45, 7) is 0.680. The van der Waals surface area contributed by atoms with Crippen LogP contribution in [0.2, 0.25) is 0 Å². The van der Waals surface area contributed by atoms with E-state index in [0.717, 1.165) is 30.8 Å². The molecule has 1 heterocycles. The summed E-state index contributed by atoms with van der Waals surface area (Å²) in [7, 11) is 0. The second kappa shape index (κ2) is 7.43. The van der Waals surface area contributed by atoms with Gasteiger partial charge in [0.15, 0.2) is 0 Å². The van der Waals surface area contributed by atoms with Crippen LogP contribution in [0.25, 0.3) is 0 Å². The number of carbonyl (C=O) groups excluding carboxylic acids is 1. The summed E-state index contributed by atoms with van der Waals surface area (Å²) in [6, 6.07) is 0. The molecule has 2 rings (SSSR count). The smallest absolute Gasteiger partial charge is 0.307 e. The predicted octanol–water partition coefficient (Wildman–Crippen LogP) is 1.84. The summed E-state index contributed by atoms with van der Waals surface area (Å²) in [4.78, 5) is 23.4. The Labute approximate surface area is 122 Å². The summed E-state index contributed by atoms with van der Waals surface area (Å²) in [5.74, 6) is 1.74. The van der Waals surface area contributed by atoms with E-state index >= 15 is 0 Å². The monoisotopic (exact) mass is 303 g/mol. The molecule has 0 aromatic heterocycles. The zero-order chi connectivity index (χ0) is 13.7. The first kappa shape index (κ1) is 15.0. The lowest BCUT2D eigenvalue weighted by atomic mass is 9.79. The molecule has 2 aliphatic rings. The first-order chi connectivity index (χ1) is 9.18. The quantitative estimate of drug-likeness (QED) is 0.829. The van der Waals surface area contributed by atoms with E-state index in [1.165, 1.54) is 5.75 Å². The highest BCUT2D eigenvalue weighted by Crippen LogP contribution is 2.30. The Morgan fingerprint density at radius 3 is 2.53 bits per heavy atom. The molecule has 1 saturated carbocycles. The van der Waals surface area contributed by atoms with Crippen LogP contribution in [0.3, 0.4) is 0 Å². The lowest BCUT2D eigenvalue weighted by molar-refractivity contribution is -0.148. The molecule has 0 spiro atoms. The van der Waals surface area contributed by atoms with Crippen molar-refractivity contribution in [3.63, 3.8) is 0 Å². The number of aliphatic carboxylic acids is 1. The molecule has 0 aromatic carbocycles. The van der Waals surface area contributed by atoms with Crippen molar-refractivity contribution in [2.75, 3.05) is 23.8 Å². The van der Waals surface area contributed by atoms with Crippen molar-refractivity contribution in [3.8, 4) is 0 Å². The van der Waals surface area contributed by atoms with E-state index in [4.69, 9.17) is 0 Å². The molecule has 1 aliphatic carbocycles. The van der Waals surface area contributed by atoms with Gasteiger partial charge in [-0.05, 0) is 12.8 Å². The highest BCUT2D eigenvalue weighted by molar-refractivity contribution is 8.06. The van der Waals surface area contributed by atoms with Gasteiger partial charge in [-0.3, -0.25) is 9.59 Å². The molecule has 0 radical (unpaired) electrons. The van der Waals surface area contributed by atoms with E-state index in [9.17, 15) is 14.7 Å². The maximum atomic E-state index is 12.2. The summed E-state index contributed by atoms with van der Waals surface area (Å²) < 4.78 is 0. The van der Waals surface area contributed by atoms with Crippen molar-refractivity contribution >= 4 is 35.4 Å². The molecule has 2 N–H and O–H groups in total. The normalized spacial score (nSPS) is 31.7. The van der Waals surface area contributed by atoms with Crippen LogP contribution in [0, 0.1) is 11.8 Å². The maximum absolute atomic E-state index is 12.2. The van der Waals surface area contributed by atoms with Gasteiger partial charge in [0.25, 0.3) is 0 Å². The van der Waals surface area contributed by atoms with Crippen LogP contribution >= 0.6 is 23.5 Å². The van der Waals surface area contributed by atoms with Gasteiger partial charge in [0.2, 0.25) is 5.91 Å². The van der Waals surface area contributed by atoms with Gasteiger partial charge in [-0.25, -0.2) is 0 Å². The molecule has 1 saturated heterocycles. The fourth-order valence-corrected chi connectivity index (χ4v) is 5.35. The molecule has 1 amide bonds. The van der Waals surface area contributed by atoms with Gasteiger partial charge in [0, 0.05) is 29.1 Å². The van der Waals surface area contributed by atoms with Crippen molar-refractivity contribution in [1.29, 1.82) is 0 Å². The molecule has 1 aliphatic heterocycles. The lowest BCUT2D eigenvalue weighted by Gasteiger charge is -2.28. The zero-order valence-electron chi connectivity index (χ0n) is 11.0. The second-order valence-corrected chi connectivity index (χ2v) is 7.71. The Hall–Kier alpha value is -0.360. The molecular weight excluding hydrogens is 282 g/mol.